The van der Waals surface area contributed by atoms with E-state index in [0.29, 0.717) is 11.1 Å². The summed E-state index contributed by atoms with van der Waals surface area (Å²) in [6.45, 7) is 0. The lowest BCUT2D eigenvalue weighted by Crippen LogP contribution is -2.08. The first-order chi connectivity index (χ1) is 14.1. The highest BCUT2D eigenvalue weighted by molar-refractivity contribution is 5.92. The molecular weight excluding hydrogens is 396 g/mol. The summed E-state index contributed by atoms with van der Waals surface area (Å²) < 4.78 is 5.13. The van der Waals surface area contributed by atoms with Gasteiger partial charge in [-0.3, -0.25) is 0 Å². The predicted molar refractivity (Wildman–Crippen MR) is 105 cm³/mol. The minimum absolute atomic E-state index is 0.0527. The Kier molecular flexibility index (Phi) is 5.28. The van der Waals surface area contributed by atoms with E-state index in [1.165, 1.54) is 36.4 Å². The molecule has 0 saturated carbocycles. The van der Waals surface area contributed by atoms with E-state index in [-0.39, 0.29) is 17.1 Å². The van der Waals surface area contributed by atoms with Gasteiger partial charge in [0.15, 0.2) is 34.5 Å². The van der Waals surface area contributed by atoms with Crippen molar-refractivity contribution in [3.05, 3.63) is 59.2 Å². The van der Waals surface area contributed by atoms with Crippen LogP contribution in [-0.4, -0.2) is 41.7 Å². The third-order valence-corrected chi connectivity index (χ3v) is 3.99. The second-order valence-corrected chi connectivity index (χ2v) is 6.25. The van der Waals surface area contributed by atoms with Crippen LogP contribution in [0.25, 0.3) is 12.2 Å². The van der Waals surface area contributed by atoms with Gasteiger partial charge >= 0.3 is 5.97 Å². The molecule has 3 aromatic rings. The van der Waals surface area contributed by atoms with Crippen LogP contribution in [0.1, 0.15) is 21.5 Å². The largest absolute Gasteiger partial charge is 0.508 e. The molecule has 0 saturated heterocycles. The molecule has 154 valence electrons. The Morgan fingerprint density at radius 2 is 1.10 bits per heavy atom. The van der Waals surface area contributed by atoms with Crippen LogP contribution >= 0.6 is 0 Å². The van der Waals surface area contributed by atoms with Gasteiger partial charge in [0, 0.05) is 6.07 Å². The molecule has 0 radical (unpaired) electrons. The van der Waals surface area contributed by atoms with Crippen LogP contribution in [0, 0.1) is 0 Å². The van der Waals surface area contributed by atoms with E-state index in [2.05, 4.69) is 0 Å². The third kappa shape index (κ3) is 4.30. The number of ether oxygens (including phenoxy) is 1. The Balaban J connectivity index is 1.84. The Morgan fingerprint density at radius 3 is 1.63 bits per heavy atom. The Labute approximate surface area is 169 Å². The second kappa shape index (κ2) is 7.84. The third-order valence-electron chi connectivity index (χ3n) is 3.99. The van der Waals surface area contributed by atoms with Crippen molar-refractivity contribution >= 4 is 18.1 Å². The molecular formula is C21H16O9. The zero-order chi connectivity index (χ0) is 22.0. The van der Waals surface area contributed by atoms with E-state index >= 15 is 0 Å². The summed E-state index contributed by atoms with van der Waals surface area (Å²) in [4.78, 5) is 12.2. The maximum Gasteiger partial charge on any atom is 0.343 e. The van der Waals surface area contributed by atoms with Crippen LogP contribution in [0.4, 0.5) is 0 Å². The number of phenolic OH excluding ortho intramolecular Hbond substituents is 7. The first kappa shape index (κ1) is 20.2. The van der Waals surface area contributed by atoms with Crippen LogP contribution in [0.5, 0.6) is 46.0 Å². The molecule has 9 heteroatoms. The molecule has 0 aromatic heterocycles. The van der Waals surface area contributed by atoms with E-state index in [1.807, 2.05) is 0 Å². The summed E-state index contributed by atoms with van der Waals surface area (Å²) >= 11 is 0. The highest BCUT2D eigenvalue weighted by Gasteiger charge is 2.16. The van der Waals surface area contributed by atoms with Crippen LogP contribution in [0.15, 0.2) is 42.5 Å². The van der Waals surface area contributed by atoms with Gasteiger partial charge in [0.25, 0.3) is 0 Å². The lowest BCUT2D eigenvalue weighted by atomic mass is 10.1. The summed E-state index contributed by atoms with van der Waals surface area (Å²) in [6, 6.07) is 8.14. The molecule has 0 aliphatic heterocycles. The zero-order valence-corrected chi connectivity index (χ0v) is 15.1. The molecule has 0 bridgehead atoms. The molecule has 0 spiro atoms. The predicted octanol–water partition coefficient (Wildman–Crippen LogP) is 3.02. The number of hydrogen-bond donors (Lipinski definition) is 7. The lowest BCUT2D eigenvalue weighted by Gasteiger charge is -2.08. The zero-order valence-electron chi connectivity index (χ0n) is 15.1. The Bertz CT molecular complexity index is 1120. The van der Waals surface area contributed by atoms with Crippen molar-refractivity contribution in [1.29, 1.82) is 0 Å². The van der Waals surface area contributed by atoms with E-state index in [1.54, 1.807) is 0 Å². The molecule has 0 aliphatic rings. The van der Waals surface area contributed by atoms with Gasteiger partial charge in [-0.15, -0.1) is 0 Å². The molecule has 0 heterocycles. The number of phenols is 7. The molecule has 0 unspecified atom stereocenters. The van der Waals surface area contributed by atoms with E-state index in [9.17, 15) is 40.5 Å². The fourth-order valence-electron chi connectivity index (χ4n) is 2.56. The fraction of sp³-hybridized carbons (Fsp3) is 0. The fourth-order valence-corrected chi connectivity index (χ4v) is 2.56. The van der Waals surface area contributed by atoms with Gasteiger partial charge in [-0.25, -0.2) is 4.79 Å². The standard InChI is InChI=1S/C21H16O9/c22-13-3-10(1-2-11-5-15(23)19(27)16(24)6-11)4-14(9-13)30-21(29)12-7-17(25)20(28)18(26)8-12/h1-9,22-28H. The van der Waals surface area contributed by atoms with Crippen LogP contribution in [-0.2, 0) is 0 Å². The molecule has 7 N–H and O–H groups in total. The number of benzene rings is 3. The second-order valence-electron chi connectivity index (χ2n) is 6.25. The molecule has 3 rings (SSSR count). The van der Waals surface area contributed by atoms with Crippen molar-refractivity contribution in [3.63, 3.8) is 0 Å². The smallest absolute Gasteiger partial charge is 0.343 e. The highest BCUT2D eigenvalue weighted by Crippen LogP contribution is 2.37. The minimum Gasteiger partial charge on any atom is -0.508 e. The minimum atomic E-state index is -0.963. The lowest BCUT2D eigenvalue weighted by molar-refractivity contribution is 0.0733. The van der Waals surface area contributed by atoms with Crippen molar-refractivity contribution in [2.75, 3.05) is 0 Å². The van der Waals surface area contributed by atoms with Gasteiger partial charge in [0.05, 0.1) is 5.56 Å². The first-order valence-electron chi connectivity index (χ1n) is 8.38. The molecule has 0 atom stereocenters. The Hall–Kier alpha value is -4.53. The summed E-state index contributed by atoms with van der Waals surface area (Å²) in [7, 11) is 0. The number of hydrogen-bond acceptors (Lipinski definition) is 9. The summed E-state index contributed by atoms with van der Waals surface area (Å²) in [5, 5.41) is 66.7. The van der Waals surface area contributed by atoms with Crippen molar-refractivity contribution < 1.29 is 45.3 Å². The molecule has 30 heavy (non-hydrogen) atoms. The monoisotopic (exact) mass is 412 g/mol. The SMILES string of the molecule is O=C(Oc1cc(O)cc(C=Cc2cc(O)c(O)c(O)c2)c1)c1cc(O)c(O)c(O)c1. The highest BCUT2D eigenvalue weighted by atomic mass is 16.5. The molecule has 0 aliphatic carbocycles. The Morgan fingerprint density at radius 1 is 0.633 bits per heavy atom. The summed E-state index contributed by atoms with van der Waals surface area (Å²) in [5.74, 6) is -5.11. The van der Waals surface area contributed by atoms with Crippen molar-refractivity contribution in [1.82, 2.24) is 0 Å². The van der Waals surface area contributed by atoms with Gasteiger partial charge in [-0.2, -0.15) is 0 Å². The van der Waals surface area contributed by atoms with Gasteiger partial charge < -0.3 is 40.5 Å². The van der Waals surface area contributed by atoms with Gasteiger partial charge in [-0.1, -0.05) is 12.2 Å². The average molecular weight is 412 g/mol. The normalized spacial score (nSPS) is 10.9. The van der Waals surface area contributed by atoms with Crippen LogP contribution in [0.3, 0.4) is 0 Å². The number of carbonyl (C=O) groups is 1. The number of rotatable bonds is 4. The maximum atomic E-state index is 12.2. The molecule has 3 aromatic carbocycles. The van der Waals surface area contributed by atoms with E-state index in [0.717, 1.165) is 18.2 Å². The molecule has 9 nitrogen and oxygen atoms in total. The molecule has 0 fully saturated rings. The summed E-state index contributed by atoms with van der Waals surface area (Å²) in [6.07, 6.45) is 2.95. The maximum absolute atomic E-state index is 12.2. The first-order valence-corrected chi connectivity index (χ1v) is 8.38. The van der Waals surface area contributed by atoms with Gasteiger partial charge in [0.1, 0.15) is 11.5 Å². The number of carbonyl (C=O) groups excluding carboxylic acids is 1. The van der Waals surface area contributed by atoms with Gasteiger partial charge in [-0.05, 0) is 47.5 Å². The quantitative estimate of drug-likeness (QED) is 0.147. The van der Waals surface area contributed by atoms with Gasteiger partial charge in [0.2, 0.25) is 0 Å². The number of aromatic hydroxyl groups is 7. The van der Waals surface area contributed by atoms with Crippen LogP contribution in [0.2, 0.25) is 0 Å². The van der Waals surface area contributed by atoms with Crippen LogP contribution < -0.4 is 4.74 Å². The molecule has 0 amide bonds. The van der Waals surface area contributed by atoms with Crippen molar-refractivity contribution in [2.24, 2.45) is 0 Å². The average Bonchev–Trinajstić information content (AvgIpc) is 2.67. The van der Waals surface area contributed by atoms with E-state index in [4.69, 9.17) is 4.74 Å². The van der Waals surface area contributed by atoms with Crippen molar-refractivity contribution in [3.8, 4) is 46.0 Å². The number of esters is 1. The van der Waals surface area contributed by atoms with E-state index < -0.39 is 40.5 Å². The summed E-state index contributed by atoms with van der Waals surface area (Å²) in [5.41, 5.74) is 0.499. The topological polar surface area (TPSA) is 168 Å². The van der Waals surface area contributed by atoms with Crippen molar-refractivity contribution in [2.45, 2.75) is 0 Å².